The Morgan fingerprint density at radius 2 is 1.62 bits per heavy atom. The van der Waals surface area contributed by atoms with Crippen LogP contribution in [0.3, 0.4) is 0 Å². The molecule has 0 spiro atoms. The third-order valence-corrected chi connectivity index (χ3v) is 4.00. The van der Waals surface area contributed by atoms with E-state index in [0.717, 1.165) is 6.92 Å². The van der Waals surface area contributed by atoms with Crippen molar-refractivity contribution in [2.45, 2.75) is 13.3 Å². The first-order chi connectivity index (χ1) is 11.9. The van der Waals surface area contributed by atoms with Gasteiger partial charge in [0.25, 0.3) is 0 Å². The summed E-state index contributed by atoms with van der Waals surface area (Å²) < 4.78 is 0. The molecule has 0 bridgehead atoms. The standard InChI is InChI=1S/C16H16O10/c1-6(2)11(18)16(15(25)26)8(3-4-17)10(14(23)24)7(12(19)20)5-9(16)13(21)22/h5,9,17H,1,3-4H2,2H3,(H,19,20)(H,21,22)(H,23,24)(H,25,26). The average Bonchev–Trinajstić information content (AvgIpc) is 2.52. The highest BCUT2D eigenvalue weighted by molar-refractivity contribution is 6.20. The van der Waals surface area contributed by atoms with E-state index in [1.54, 1.807) is 0 Å². The SMILES string of the molecule is C=C(C)C(=O)C1(C(=O)O)C(CCO)=C(C(=O)O)C(C(=O)O)=CC1C(=O)O. The summed E-state index contributed by atoms with van der Waals surface area (Å²) in [5.74, 6) is -11.0. The van der Waals surface area contributed by atoms with Crippen molar-refractivity contribution in [1.82, 2.24) is 0 Å². The number of aliphatic hydroxyl groups excluding tert-OH is 1. The van der Waals surface area contributed by atoms with E-state index < -0.39 is 70.7 Å². The van der Waals surface area contributed by atoms with Gasteiger partial charge in [-0.25, -0.2) is 9.59 Å². The van der Waals surface area contributed by atoms with Gasteiger partial charge >= 0.3 is 23.9 Å². The minimum atomic E-state index is -2.94. The Labute approximate surface area is 146 Å². The molecule has 0 aromatic carbocycles. The van der Waals surface area contributed by atoms with E-state index in [2.05, 4.69) is 6.58 Å². The molecule has 0 radical (unpaired) electrons. The molecule has 1 aliphatic rings. The second-order valence-corrected chi connectivity index (χ2v) is 5.56. The van der Waals surface area contributed by atoms with Gasteiger partial charge in [0, 0.05) is 6.61 Å². The van der Waals surface area contributed by atoms with Crippen molar-refractivity contribution < 1.29 is 49.5 Å². The van der Waals surface area contributed by atoms with Crippen molar-refractivity contribution in [2.75, 3.05) is 6.61 Å². The second-order valence-electron chi connectivity index (χ2n) is 5.56. The number of ketones is 1. The third kappa shape index (κ3) is 3.02. The molecule has 1 aliphatic carbocycles. The van der Waals surface area contributed by atoms with Crippen LogP contribution in [-0.4, -0.2) is 61.8 Å². The maximum absolute atomic E-state index is 12.7. The zero-order chi connectivity index (χ0) is 20.4. The van der Waals surface area contributed by atoms with Crippen LogP contribution >= 0.6 is 0 Å². The minimum absolute atomic E-state index is 0.369. The Balaban J connectivity index is 4.16. The summed E-state index contributed by atoms with van der Waals surface area (Å²) >= 11 is 0. The Morgan fingerprint density at radius 3 is 1.92 bits per heavy atom. The number of carboxylic acids is 4. The molecular formula is C16H16O10. The molecule has 140 valence electrons. The minimum Gasteiger partial charge on any atom is -0.481 e. The van der Waals surface area contributed by atoms with Gasteiger partial charge in [0.1, 0.15) is 5.92 Å². The topological polar surface area (TPSA) is 186 Å². The maximum atomic E-state index is 12.7. The maximum Gasteiger partial charge on any atom is 0.336 e. The Kier molecular flexibility index (Phi) is 5.84. The molecule has 0 fully saturated rings. The number of carbonyl (C=O) groups excluding carboxylic acids is 1. The molecule has 0 aromatic rings. The van der Waals surface area contributed by atoms with Gasteiger partial charge in [0.15, 0.2) is 11.2 Å². The van der Waals surface area contributed by atoms with E-state index in [9.17, 15) is 49.5 Å². The van der Waals surface area contributed by atoms with Gasteiger partial charge in [0.2, 0.25) is 0 Å². The molecule has 5 N–H and O–H groups in total. The summed E-state index contributed by atoms with van der Waals surface area (Å²) in [6, 6.07) is 0. The fourth-order valence-electron chi connectivity index (χ4n) is 3.01. The van der Waals surface area contributed by atoms with E-state index >= 15 is 0 Å². The van der Waals surface area contributed by atoms with E-state index in [4.69, 9.17) is 0 Å². The van der Waals surface area contributed by atoms with Crippen LogP contribution in [0.25, 0.3) is 0 Å². The molecule has 2 atom stereocenters. The van der Waals surface area contributed by atoms with Crippen LogP contribution in [0.2, 0.25) is 0 Å². The fourth-order valence-corrected chi connectivity index (χ4v) is 3.01. The predicted octanol–water partition coefficient (Wildman–Crippen LogP) is -0.308. The number of Topliss-reactive ketones (excluding diaryl/α,β-unsaturated/α-hetero) is 1. The van der Waals surface area contributed by atoms with Gasteiger partial charge in [-0.15, -0.1) is 0 Å². The van der Waals surface area contributed by atoms with Crippen LogP contribution in [0.4, 0.5) is 0 Å². The van der Waals surface area contributed by atoms with Crippen molar-refractivity contribution >= 4 is 29.7 Å². The van der Waals surface area contributed by atoms with Gasteiger partial charge in [-0.05, 0) is 24.5 Å². The largest absolute Gasteiger partial charge is 0.481 e. The molecule has 0 saturated carbocycles. The van der Waals surface area contributed by atoms with E-state index in [-0.39, 0.29) is 5.57 Å². The zero-order valence-electron chi connectivity index (χ0n) is 13.6. The molecule has 26 heavy (non-hydrogen) atoms. The van der Waals surface area contributed by atoms with E-state index in [1.807, 2.05) is 0 Å². The molecule has 2 unspecified atom stereocenters. The highest BCUT2D eigenvalue weighted by atomic mass is 16.4. The average molecular weight is 368 g/mol. The monoisotopic (exact) mass is 368 g/mol. The molecule has 1 rings (SSSR count). The normalized spacial score (nSPS) is 22.4. The van der Waals surface area contributed by atoms with Crippen LogP contribution in [0, 0.1) is 11.3 Å². The number of aliphatic hydroxyl groups is 1. The first-order valence-electron chi connectivity index (χ1n) is 7.14. The summed E-state index contributed by atoms with van der Waals surface area (Å²) in [6.45, 7) is 3.56. The number of carbonyl (C=O) groups is 5. The Morgan fingerprint density at radius 1 is 1.08 bits per heavy atom. The molecule has 0 amide bonds. The number of aliphatic carboxylic acids is 4. The van der Waals surface area contributed by atoms with Crippen LogP contribution in [-0.2, 0) is 24.0 Å². The van der Waals surface area contributed by atoms with Gasteiger partial charge in [-0.2, -0.15) is 0 Å². The van der Waals surface area contributed by atoms with Crippen molar-refractivity contribution in [1.29, 1.82) is 0 Å². The summed E-state index contributed by atoms with van der Waals surface area (Å²) in [5.41, 5.74) is -6.13. The van der Waals surface area contributed by atoms with Gasteiger partial charge in [-0.3, -0.25) is 14.4 Å². The molecular weight excluding hydrogens is 352 g/mol. The molecule has 0 aromatic heterocycles. The smallest absolute Gasteiger partial charge is 0.336 e. The second kappa shape index (κ2) is 7.31. The van der Waals surface area contributed by atoms with Crippen LogP contribution in [0.5, 0.6) is 0 Å². The van der Waals surface area contributed by atoms with E-state index in [0.29, 0.717) is 6.08 Å². The summed E-state index contributed by atoms with van der Waals surface area (Å²) in [6.07, 6.45) is -0.314. The van der Waals surface area contributed by atoms with Crippen molar-refractivity contribution in [2.24, 2.45) is 11.3 Å². The first-order valence-corrected chi connectivity index (χ1v) is 7.14. The van der Waals surface area contributed by atoms with Crippen molar-refractivity contribution in [3.63, 3.8) is 0 Å². The predicted molar refractivity (Wildman–Crippen MR) is 83.1 cm³/mol. The van der Waals surface area contributed by atoms with Crippen LogP contribution < -0.4 is 0 Å². The van der Waals surface area contributed by atoms with Crippen molar-refractivity contribution in [3.05, 3.63) is 34.9 Å². The summed E-state index contributed by atoms with van der Waals surface area (Å²) in [5, 5.41) is 47.0. The van der Waals surface area contributed by atoms with E-state index in [1.165, 1.54) is 0 Å². The lowest BCUT2D eigenvalue weighted by Gasteiger charge is -2.38. The first kappa shape index (κ1) is 20.8. The van der Waals surface area contributed by atoms with Gasteiger partial charge < -0.3 is 25.5 Å². The number of hydrogen-bond acceptors (Lipinski definition) is 6. The van der Waals surface area contributed by atoms with Crippen LogP contribution in [0.1, 0.15) is 13.3 Å². The van der Waals surface area contributed by atoms with Gasteiger partial charge in [0.05, 0.1) is 11.1 Å². The van der Waals surface area contributed by atoms with Gasteiger partial charge in [-0.1, -0.05) is 12.7 Å². The summed E-state index contributed by atoms with van der Waals surface area (Å²) in [4.78, 5) is 59.4. The lowest BCUT2D eigenvalue weighted by molar-refractivity contribution is -0.162. The lowest BCUT2D eigenvalue weighted by atomic mass is 9.59. The highest BCUT2D eigenvalue weighted by Gasteiger charge is 2.60. The lowest BCUT2D eigenvalue weighted by Crippen LogP contribution is -2.52. The van der Waals surface area contributed by atoms with Crippen molar-refractivity contribution in [3.8, 4) is 0 Å². The molecule has 0 aliphatic heterocycles. The third-order valence-electron chi connectivity index (χ3n) is 4.00. The molecule has 0 saturated heterocycles. The molecule has 10 heteroatoms. The fraction of sp³-hybridized carbons (Fsp3) is 0.312. The highest BCUT2D eigenvalue weighted by Crippen LogP contribution is 2.48. The Hall–Kier alpha value is -3.27. The number of rotatable bonds is 8. The molecule has 0 heterocycles. The van der Waals surface area contributed by atoms with Crippen LogP contribution in [0.15, 0.2) is 34.9 Å². The summed E-state index contributed by atoms with van der Waals surface area (Å²) in [7, 11) is 0. The quantitative estimate of drug-likeness (QED) is 0.281. The number of hydrogen-bond donors (Lipinski definition) is 5. The number of carboxylic acid groups (broad SMARTS) is 4. The molecule has 10 nitrogen and oxygen atoms in total. The number of allylic oxidation sites excluding steroid dienone is 1. The zero-order valence-corrected chi connectivity index (χ0v) is 13.6. The Bertz CT molecular complexity index is 785.